The Hall–Kier alpha value is -3.79. The molecule has 2 heterocycles. The number of carbonyl (C=O) groups excluding carboxylic acids is 2. The summed E-state index contributed by atoms with van der Waals surface area (Å²) in [5, 5.41) is 14.4. The average molecular weight is 480 g/mol. The van der Waals surface area contributed by atoms with Crippen molar-refractivity contribution < 1.29 is 14.5 Å². The highest BCUT2D eigenvalue weighted by atomic mass is 32.1. The standard InChI is InChI=1S/C24H25N5O4S/c1-26(2)20-9-8-17(16-21(20)29(32)33)22(30)18-6-3-4-7-19(18)23(31)27-11-5-12-28(14-13-27)24-25-10-15-34-24/h3-4,6-10,15-16H,5,11-14H2,1-2H3. The molecule has 1 saturated heterocycles. The van der Waals surface area contributed by atoms with Gasteiger partial charge in [0.1, 0.15) is 5.69 Å². The van der Waals surface area contributed by atoms with E-state index in [2.05, 4.69) is 9.88 Å². The molecule has 0 N–H and O–H groups in total. The molecular formula is C24H25N5O4S. The molecule has 1 aliphatic rings. The van der Waals surface area contributed by atoms with E-state index in [0.29, 0.717) is 30.9 Å². The minimum atomic E-state index is -0.505. The summed E-state index contributed by atoms with van der Waals surface area (Å²) in [6.45, 7) is 2.56. The Bertz CT molecular complexity index is 1210. The van der Waals surface area contributed by atoms with Gasteiger partial charge < -0.3 is 14.7 Å². The number of anilines is 2. The fourth-order valence-corrected chi connectivity index (χ4v) is 4.76. The maximum atomic E-state index is 13.4. The van der Waals surface area contributed by atoms with Crippen molar-refractivity contribution in [1.82, 2.24) is 9.88 Å². The fourth-order valence-electron chi connectivity index (χ4n) is 4.07. The summed E-state index contributed by atoms with van der Waals surface area (Å²) in [5.74, 6) is -0.638. The predicted molar refractivity (Wildman–Crippen MR) is 132 cm³/mol. The van der Waals surface area contributed by atoms with E-state index in [9.17, 15) is 19.7 Å². The Morgan fingerprint density at radius 1 is 1.06 bits per heavy atom. The lowest BCUT2D eigenvalue weighted by Crippen LogP contribution is -2.36. The molecule has 10 heteroatoms. The summed E-state index contributed by atoms with van der Waals surface area (Å²) >= 11 is 1.57. The van der Waals surface area contributed by atoms with Crippen LogP contribution in [0.2, 0.25) is 0 Å². The lowest BCUT2D eigenvalue weighted by Gasteiger charge is -2.22. The van der Waals surface area contributed by atoms with Crippen molar-refractivity contribution in [3.8, 4) is 0 Å². The molecule has 0 unspecified atom stereocenters. The number of amides is 1. The number of hydrogen-bond acceptors (Lipinski definition) is 8. The molecule has 176 valence electrons. The van der Waals surface area contributed by atoms with E-state index in [1.165, 1.54) is 6.07 Å². The van der Waals surface area contributed by atoms with Gasteiger partial charge in [0.15, 0.2) is 10.9 Å². The highest BCUT2D eigenvalue weighted by Gasteiger charge is 2.26. The van der Waals surface area contributed by atoms with Crippen LogP contribution < -0.4 is 9.80 Å². The third-order valence-electron chi connectivity index (χ3n) is 5.79. The first-order valence-electron chi connectivity index (χ1n) is 10.9. The van der Waals surface area contributed by atoms with E-state index < -0.39 is 10.7 Å². The minimum absolute atomic E-state index is 0.158. The zero-order chi connectivity index (χ0) is 24.2. The van der Waals surface area contributed by atoms with Crippen LogP contribution in [-0.2, 0) is 0 Å². The third-order valence-corrected chi connectivity index (χ3v) is 6.62. The minimum Gasteiger partial charge on any atom is -0.372 e. The molecule has 9 nitrogen and oxygen atoms in total. The van der Waals surface area contributed by atoms with E-state index in [1.807, 2.05) is 5.38 Å². The number of benzene rings is 2. The Labute approximate surface area is 201 Å². The summed E-state index contributed by atoms with van der Waals surface area (Å²) in [6.07, 6.45) is 2.56. The maximum Gasteiger partial charge on any atom is 0.293 e. The van der Waals surface area contributed by atoms with E-state index in [1.54, 1.807) is 77.8 Å². The van der Waals surface area contributed by atoms with Crippen LogP contribution in [0.4, 0.5) is 16.5 Å². The van der Waals surface area contributed by atoms with Crippen molar-refractivity contribution in [1.29, 1.82) is 0 Å². The number of hydrogen-bond donors (Lipinski definition) is 0. The quantitative estimate of drug-likeness (QED) is 0.302. The van der Waals surface area contributed by atoms with Gasteiger partial charge in [-0.25, -0.2) is 4.98 Å². The fraction of sp³-hybridized carbons (Fsp3) is 0.292. The third kappa shape index (κ3) is 4.76. The molecule has 0 bridgehead atoms. The van der Waals surface area contributed by atoms with Crippen molar-refractivity contribution in [3.05, 3.63) is 80.8 Å². The number of aromatic nitrogens is 1. The molecule has 2 aromatic carbocycles. The molecule has 0 saturated carbocycles. The largest absolute Gasteiger partial charge is 0.372 e. The molecule has 34 heavy (non-hydrogen) atoms. The van der Waals surface area contributed by atoms with Crippen LogP contribution >= 0.6 is 11.3 Å². The summed E-state index contributed by atoms with van der Waals surface area (Å²) in [7, 11) is 3.41. The molecule has 0 atom stereocenters. The summed E-state index contributed by atoms with van der Waals surface area (Å²) in [4.78, 5) is 47.8. The van der Waals surface area contributed by atoms with Gasteiger partial charge in [0.25, 0.3) is 11.6 Å². The van der Waals surface area contributed by atoms with Crippen molar-refractivity contribution in [2.24, 2.45) is 0 Å². The zero-order valence-electron chi connectivity index (χ0n) is 19.0. The Morgan fingerprint density at radius 2 is 1.82 bits per heavy atom. The summed E-state index contributed by atoms with van der Waals surface area (Å²) in [6, 6.07) is 11.0. The first-order valence-corrected chi connectivity index (χ1v) is 11.8. The van der Waals surface area contributed by atoms with Crippen LogP contribution in [0.25, 0.3) is 0 Å². The summed E-state index contributed by atoms with van der Waals surface area (Å²) in [5.41, 5.74) is 0.952. The van der Waals surface area contributed by atoms with Crippen LogP contribution in [0.3, 0.4) is 0 Å². The van der Waals surface area contributed by atoms with Gasteiger partial charge in [0.2, 0.25) is 0 Å². The van der Waals surface area contributed by atoms with E-state index in [-0.39, 0.29) is 22.7 Å². The highest BCUT2D eigenvalue weighted by molar-refractivity contribution is 7.13. The number of nitro benzene ring substituents is 1. The molecule has 0 aliphatic carbocycles. The topological polar surface area (TPSA) is 99.9 Å². The van der Waals surface area contributed by atoms with Gasteiger partial charge in [-0.3, -0.25) is 19.7 Å². The Morgan fingerprint density at radius 3 is 2.50 bits per heavy atom. The monoisotopic (exact) mass is 479 g/mol. The Balaban J connectivity index is 1.59. The maximum absolute atomic E-state index is 13.4. The lowest BCUT2D eigenvalue weighted by atomic mass is 9.96. The average Bonchev–Trinajstić information content (AvgIpc) is 3.27. The second kappa shape index (κ2) is 10.0. The molecule has 4 rings (SSSR count). The molecule has 1 fully saturated rings. The first kappa shape index (κ1) is 23.4. The van der Waals surface area contributed by atoms with E-state index in [4.69, 9.17) is 0 Å². The predicted octanol–water partition coefficient (Wildman–Crippen LogP) is 3.70. The van der Waals surface area contributed by atoms with Crippen LogP contribution in [-0.4, -0.2) is 66.8 Å². The van der Waals surface area contributed by atoms with Crippen molar-refractivity contribution >= 4 is 39.5 Å². The van der Waals surface area contributed by atoms with Gasteiger partial charge in [0, 0.05) is 69.0 Å². The van der Waals surface area contributed by atoms with Gasteiger partial charge in [0.05, 0.1) is 10.5 Å². The normalized spacial score (nSPS) is 13.9. The van der Waals surface area contributed by atoms with Crippen molar-refractivity contribution in [3.63, 3.8) is 0 Å². The van der Waals surface area contributed by atoms with Crippen LogP contribution in [0.5, 0.6) is 0 Å². The molecule has 1 aromatic heterocycles. The molecule has 0 radical (unpaired) electrons. The van der Waals surface area contributed by atoms with Crippen LogP contribution in [0.1, 0.15) is 32.7 Å². The molecular weight excluding hydrogens is 454 g/mol. The summed E-state index contributed by atoms with van der Waals surface area (Å²) < 4.78 is 0. The van der Waals surface area contributed by atoms with E-state index in [0.717, 1.165) is 18.1 Å². The highest BCUT2D eigenvalue weighted by Crippen LogP contribution is 2.29. The van der Waals surface area contributed by atoms with Gasteiger partial charge in [-0.15, -0.1) is 11.3 Å². The number of nitro groups is 1. The number of thiazole rings is 1. The smallest absolute Gasteiger partial charge is 0.293 e. The second-order valence-electron chi connectivity index (χ2n) is 8.18. The molecule has 0 spiro atoms. The van der Waals surface area contributed by atoms with Crippen molar-refractivity contribution in [2.75, 3.05) is 50.1 Å². The van der Waals surface area contributed by atoms with Crippen LogP contribution in [0.15, 0.2) is 54.0 Å². The van der Waals surface area contributed by atoms with Crippen molar-refractivity contribution in [2.45, 2.75) is 6.42 Å². The lowest BCUT2D eigenvalue weighted by molar-refractivity contribution is -0.384. The molecule has 1 aliphatic heterocycles. The second-order valence-corrected chi connectivity index (χ2v) is 9.05. The SMILES string of the molecule is CN(C)c1ccc(C(=O)c2ccccc2C(=O)N2CCCN(c3nccs3)CC2)cc1[N+](=O)[O-]. The molecule has 1 amide bonds. The number of rotatable bonds is 6. The Kier molecular flexibility index (Phi) is 6.87. The van der Waals surface area contributed by atoms with Crippen LogP contribution in [0, 0.1) is 10.1 Å². The van der Waals surface area contributed by atoms with Gasteiger partial charge in [-0.05, 0) is 24.6 Å². The first-order chi connectivity index (χ1) is 16.4. The van der Waals surface area contributed by atoms with Gasteiger partial charge in [-0.1, -0.05) is 18.2 Å². The zero-order valence-corrected chi connectivity index (χ0v) is 19.8. The van der Waals surface area contributed by atoms with Gasteiger partial charge >= 0.3 is 0 Å². The van der Waals surface area contributed by atoms with Gasteiger partial charge in [-0.2, -0.15) is 0 Å². The number of carbonyl (C=O) groups is 2. The number of nitrogens with zero attached hydrogens (tertiary/aromatic N) is 5. The van der Waals surface area contributed by atoms with E-state index >= 15 is 0 Å². The number of ketones is 1. The molecule has 3 aromatic rings.